The van der Waals surface area contributed by atoms with Crippen LogP contribution in [0.25, 0.3) is 0 Å². The number of rotatable bonds is 8. The van der Waals surface area contributed by atoms with Gasteiger partial charge in [0, 0.05) is 12.6 Å². The van der Waals surface area contributed by atoms with Crippen molar-refractivity contribution in [3.8, 4) is 5.75 Å². The van der Waals surface area contributed by atoms with Crippen LogP contribution in [0.1, 0.15) is 35.8 Å². The molecule has 0 aliphatic heterocycles. The summed E-state index contributed by atoms with van der Waals surface area (Å²) in [6.45, 7) is 5.30. The Balaban J connectivity index is 1.83. The van der Waals surface area contributed by atoms with E-state index in [1.54, 1.807) is 0 Å². The van der Waals surface area contributed by atoms with Crippen LogP contribution in [0.4, 0.5) is 0 Å². The smallest absolute Gasteiger partial charge is 0.271 e. The minimum atomic E-state index is -0.312. The van der Waals surface area contributed by atoms with Crippen LogP contribution in [0, 0.1) is 6.92 Å². The second-order valence-electron chi connectivity index (χ2n) is 5.55. The van der Waals surface area contributed by atoms with Crippen molar-refractivity contribution in [3.05, 3.63) is 58.0 Å². The molecule has 0 saturated heterocycles. The maximum Gasteiger partial charge on any atom is 0.271 e. The van der Waals surface area contributed by atoms with Crippen molar-refractivity contribution in [2.24, 2.45) is 0 Å². The van der Waals surface area contributed by atoms with Gasteiger partial charge in [-0.15, -0.1) is 0 Å². The summed E-state index contributed by atoms with van der Waals surface area (Å²) in [7, 11) is 0. The van der Waals surface area contributed by atoms with Gasteiger partial charge in [-0.05, 0) is 31.5 Å². The molecule has 0 bridgehead atoms. The van der Waals surface area contributed by atoms with Gasteiger partial charge in [0.05, 0.1) is 6.54 Å². The van der Waals surface area contributed by atoms with Crippen LogP contribution in [0.3, 0.4) is 0 Å². The zero-order valence-corrected chi connectivity index (χ0v) is 14.1. The third-order valence-electron chi connectivity index (χ3n) is 3.50. The third-order valence-corrected chi connectivity index (χ3v) is 3.50. The highest BCUT2D eigenvalue weighted by atomic mass is 16.5. The number of hydrogen-bond acceptors (Lipinski definition) is 4. The first-order chi connectivity index (χ1) is 11.6. The second-order valence-corrected chi connectivity index (χ2v) is 5.55. The van der Waals surface area contributed by atoms with Crippen molar-refractivity contribution in [2.75, 3.05) is 13.2 Å². The van der Waals surface area contributed by atoms with Crippen molar-refractivity contribution < 1.29 is 9.53 Å². The van der Waals surface area contributed by atoms with Gasteiger partial charge in [-0.25, -0.2) is 4.68 Å². The molecule has 0 fully saturated rings. The number of nitrogens with one attached hydrogen (secondary N) is 1. The molecule has 1 N–H and O–H groups in total. The lowest BCUT2D eigenvalue weighted by molar-refractivity contribution is 0.0939. The van der Waals surface area contributed by atoms with E-state index in [9.17, 15) is 9.59 Å². The maximum absolute atomic E-state index is 12.1. The zero-order chi connectivity index (χ0) is 17.4. The van der Waals surface area contributed by atoms with E-state index in [0.29, 0.717) is 19.7 Å². The molecule has 6 nitrogen and oxygen atoms in total. The van der Waals surface area contributed by atoms with Gasteiger partial charge in [0.15, 0.2) is 0 Å². The average molecular weight is 329 g/mol. The number of unbranched alkanes of at least 4 members (excludes halogenated alkanes) is 1. The summed E-state index contributed by atoms with van der Waals surface area (Å²) < 4.78 is 6.89. The monoisotopic (exact) mass is 329 g/mol. The molecular weight excluding hydrogens is 306 g/mol. The van der Waals surface area contributed by atoms with Crippen molar-refractivity contribution in [1.82, 2.24) is 15.1 Å². The second kappa shape index (κ2) is 8.86. The molecule has 0 saturated carbocycles. The topological polar surface area (TPSA) is 73.2 Å². The Hall–Kier alpha value is -2.63. The number of amides is 1. The van der Waals surface area contributed by atoms with Gasteiger partial charge in [-0.1, -0.05) is 31.0 Å². The molecule has 0 atom stereocenters. The summed E-state index contributed by atoms with van der Waals surface area (Å²) in [5, 5.41) is 6.85. The number of aryl methyl sites for hydroxylation is 2. The molecule has 1 amide bonds. The van der Waals surface area contributed by atoms with Crippen molar-refractivity contribution >= 4 is 5.91 Å². The normalized spacial score (nSPS) is 10.4. The van der Waals surface area contributed by atoms with Gasteiger partial charge in [-0.2, -0.15) is 5.10 Å². The van der Waals surface area contributed by atoms with E-state index in [4.69, 9.17) is 4.74 Å². The number of benzene rings is 1. The van der Waals surface area contributed by atoms with Crippen molar-refractivity contribution in [2.45, 2.75) is 33.2 Å². The summed E-state index contributed by atoms with van der Waals surface area (Å²) in [6.07, 6.45) is 1.81. The molecule has 2 rings (SSSR count). The van der Waals surface area contributed by atoms with Crippen LogP contribution in [-0.2, 0) is 6.54 Å². The lowest BCUT2D eigenvalue weighted by atomic mass is 10.2. The largest absolute Gasteiger partial charge is 0.492 e. The number of carbonyl (C=O) groups is 1. The first kappa shape index (κ1) is 17.7. The number of nitrogens with zero attached hydrogens (tertiary/aromatic N) is 2. The first-order valence-electron chi connectivity index (χ1n) is 8.16. The predicted octanol–water partition coefficient (Wildman–Crippen LogP) is 2.16. The number of aromatic nitrogens is 2. The Morgan fingerprint density at radius 1 is 1.21 bits per heavy atom. The highest BCUT2D eigenvalue weighted by Gasteiger charge is 2.09. The summed E-state index contributed by atoms with van der Waals surface area (Å²) in [5.41, 5.74) is 1.21. The molecule has 0 unspecified atom stereocenters. The molecule has 1 aromatic heterocycles. The maximum atomic E-state index is 12.1. The van der Waals surface area contributed by atoms with Crippen molar-refractivity contribution in [3.63, 3.8) is 0 Å². The predicted molar refractivity (Wildman–Crippen MR) is 92.4 cm³/mol. The Labute approximate surface area is 141 Å². The molecule has 0 aliphatic carbocycles. The van der Waals surface area contributed by atoms with Gasteiger partial charge in [-0.3, -0.25) is 9.59 Å². The van der Waals surface area contributed by atoms with E-state index in [-0.39, 0.29) is 17.2 Å². The standard InChI is InChI=1S/C18H23N3O3/c1-3-4-12-21-17(22)10-9-16(20-21)18(23)19-11-13-24-15-7-5-14(2)6-8-15/h5-10H,3-4,11-13H2,1-2H3,(H,19,23). The van der Waals surface area contributed by atoms with Crippen LogP contribution < -0.4 is 15.6 Å². The van der Waals surface area contributed by atoms with Gasteiger partial charge >= 0.3 is 0 Å². The van der Waals surface area contributed by atoms with E-state index in [1.165, 1.54) is 22.4 Å². The van der Waals surface area contributed by atoms with Crippen molar-refractivity contribution in [1.29, 1.82) is 0 Å². The molecule has 1 aromatic carbocycles. The Bertz CT molecular complexity index is 723. The van der Waals surface area contributed by atoms with E-state index in [0.717, 1.165) is 18.6 Å². The fraction of sp³-hybridized carbons (Fsp3) is 0.389. The van der Waals surface area contributed by atoms with E-state index in [2.05, 4.69) is 10.4 Å². The lowest BCUT2D eigenvalue weighted by Gasteiger charge is -2.09. The first-order valence-corrected chi connectivity index (χ1v) is 8.16. The number of ether oxygens (including phenoxy) is 1. The quantitative estimate of drug-likeness (QED) is 0.753. The zero-order valence-electron chi connectivity index (χ0n) is 14.1. The number of carbonyl (C=O) groups excluding carboxylic acids is 1. The number of hydrogen-bond donors (Lipinski definition) is 1. The van der Waals surface area contributed by atoms with E-state index in [1.807, 2.05) is 38.1 Å². The molecule has 1 heterocycles. The van der Waals surface area contributed by atoms with Gasteiger partial charge in [0.25, 0.3) is 11.5 Å². The van der Waals surface area contributed by atoms with Crippen LogP contribution >= 0.6 is 0 Å². The third kappa shape index (κ3) is 5.22. The van der Waals surface area contributed by atoms with E-state index < -0.39 is 0 Å². The van der Waals surface area contributed by atoms with E-state index >= 15 is 0 Å². The van der Waals surface area contributed by atoms with Gasteiger partial charge in [0.1, 0.15) is 18.1 Å². The lowest BCUT2D eigenvalue weighted by Crippen LogP contribution is -2.32. The molecule has 0 radical (unpaired) electrons. The Morgan fingerprint density at radius 2 is 1.96 bits per heavy atom. The highest BCUT2D eigenvalue weighted by molar-refractivity contribution is 5.91. The molecule has 2 aromatic rings. The van der Waals surface area contributed by atoms with Crippen LogP contribution in [0.5, 0.6) is 5.75 Å². The van der Waals surface area contributed by atoms with Gasteiger partial charge in [0.2, 0.25) is 0 Å². The SMILES string of the molecule is CCCCn1nc(C(=O)NCCOc2ccc(C)cc2)ccc1=O. The highest BCUT2D eigenvalue weighted by Crippen LogP contribution is 2.10. The molecular formula is C18H23N3O3. The minimum absolute atomic E-state index is 0.192. The molecule has 24 heavy (non-hydrogen) atoms. The van der Waals surface area contributed by atoms with Crippen LogP contribution in [0.15, 0.2) is 41.2 Å². The molecule has 0 aliphatic rings. The van der Waals surface area contributed by atoms with Crippen LogP contribution in [-0.4, -0.2) is 28.8 Å². The molecule has 6 heteroatoms. The fourth-order valence-electron chi connectivity index (χ4n) is 2.10. The average Bonchev–Trinajstić information content (AvgIpc) is 2.59. The summed E-state index contributed by atoms with van der Waals surface area (Å²) in [6, 6.07) is 10.5. The molecule has 0 spiro atoms. The summed E-state index contributed by atoms with van der Waals surface area (Å²) >= 11 is 0. The molecule has 128 valence electrons. The fourth-order valence-corrected chi connectivity index (χ4v) is 2.10. The van der Waals surface area contributed by atoms with Gasteiger partial charge < -0.3 is 10.1 Å². The minimum Gasteiger partial charge on any atom is -0.492 e. The Kier molecular flexibility index (Phi) is 6.54. The summed E-state index contributed by atoms with van der Waals surface area (Å²) in [5.74, 6) is 0.453. The Morgan fingerprint density at radius 3 is 2.67 bits per heavy atom. The van der Waals surface area contributed by atoms with Crippen LogP contribution in [0.2, 0.25) is 0 Å². The summed E-state index contributed by atoms with van der Waals surface area (Å²) in [4.78, 5) is 23.8.